The van der Waals surface area contributed by atoms with E-state index in [9.17, 15) is 24.0 Å². The third-order valence-corrected chi connectivity index (χ3v) is 7.41. The van der Waals surface area contributed by atoms with E-state index in [-0.39, 0.29) is 22.8 Å². The van der Waals surface area contributed by atoms with Crippen LogP contribution in [0.2, 0.25) is 0 Å². The molecule has 1 aliphatic carbocycles. The maximum Gasteiger partial charge on any atom is 0.373 e. The largest absolute Gasteiger partial charge is 0.373 e. The van der Waals surface area contributed by atoms with E-state index < -0.39 is 65.4 Å². The molecule has 0 amide bonds. The lowest BCUT2D eigenvalue weighted by atomic mass is 9.70. The van der Waals surface area contributed by atoms with E-state index in [0.29, 0.717) is 25.7 Å². The smallest absolute Gasteiger partial charge is 0.296 e. The van der Waals surface area contributed by atoms with Gasteiger partial charge in [-0.1, -0.05) is 45.9 Å². The van der Waals surface area contributed by atoms with Crippen molar-refractivity contribution < 1.29 is 63.1 Å². The van der Waals surface area contributed by atoms with Crippen LogP contribution in [0.5, 0.6) is 0 Å². The second-order valence-corrected chi connectivity index (χ2v) is 11.0. The maximum absolute atomic E-state index is 13.8. The van der Waals surface area contributed by atoms with Gasteiger partial charge in [0, 0.05) is 17.6 Å². The minimum absolute atomic E-state index is 0.0733. The molecule has 2 rings (SSSR count). The van der Waals surface area contributed by atoms with Crippen molar-refractivity contribution in [3.63, 3.8) is 0 Å². The summed E-state index contributed by atoms with van der Waals surface area (Å²) in [5, 5.41) is 0. The minimum Gasteiger partial charge on any atom is -0.296 e. The van der Waals surface area contributed by atoms with Crippen molar-refractivity contribution in [2.45, 2.75) is 112 Å². The second kappa shape index (κ2) is 18.3. The van der Waals surface area contributed by atoms with Crippen molar-refractivity contribution in [1.29, 1.82) is 0 Å². The van der Waals surface area contributed by atoms with Crippen LogP contribution in [0.25, 0.3) is 0 Å². The number of carbonyl (C=O) groups excluding carboxylic acids is 5. The molecule has 13 nitrogen and oxygen atoms in total. The molecule has 254 valence electrons. The average Bonchev–Trinajstić information content (AvgIpc) is 3.09. The minimum atomic E-state index is -2.59. The zero-order chi connectivity index (χ0) is 34.4. The molecule has 1 aromatic carbocycles. The summed E-state index contributed by atoms with van der Waals surface area (Å²) in [6.07, 6.45) is 1.76. The fourth-order valence-corrected chi connectivity index (χ4v) is 3.57. The number of hydrogen-bond acceptors (Lipinski definition) is 13. The van der Waals surface area contributed by atoms with Crippen molar-refractivity contribution in [2.75, 3.05) is 0 Å². The van der Waals surface area contributed by atoms with Crippen LogP contribution in [0.15, 0.2) is 47.6 Å². The fraction of sp³-hybridized carbons (Fsp3) is 0.545. The molecule has 0 saturated heterocycles. The van der Waals surface area contributed by atoms with Crippen LogP contribution in [0.4, 0.5) is 0 Å². The summed E-state index contributed by atoms with van der Waals surface area (Å²) in [5.74, 6) is -5.24. The van der Waals surface area contributed by atoms with E-state index in [2.05, 4.69) is 0 Å². The Morgan fingerprint density at radius 3 is 1.41 bits per heavy atom. The zero-order valence-corrected chi connectivity index (χ0v) is 27.6. The van der Waals surface area contributed by atoms with Gasteiger partial charge in [-0.2, -0.15) is 19.6 Å². The molecular weight excluding hydrogens is 604 g/mol. The SMILES string of the molecule is CCC(C)OOC(=O)C1=CC=C(C(=O)c2ccc(C(=O)OOC(C)CC)cc2)CC1(C(=O)OOC(C)CC)C(=O)OOC(C)CC. The van der Waals surface area contributed by atoms with Crippen molar-refractivity contribution >= 4 is 29.7 Å². The van der Waals surface area contributed by atoms with Gasteiger partial charge in [0.2, 0.25) is 5.41 Å². The molecule has 1 aromatic rings. The molecule has 0 fully saturated rings. The Balaban J connectivity index is 2.54. The summed E-state index contributed by atoms with van der Waals surface area (Å²) < 4.78 is 0. The van der Waals surface area contributed by atoms with Crippen LogP contribution >= 0.6 is 0 Å². The van der Waals surface area contributed by atoms with Crippen LogP contribution in [-0.2, 0) is 53.5 Å². The lowest BCUT2D eigenvalue weighted by Crippen LogP contribution is -2.48. The summed E-state index contributed by atoms with van der Waals surface area (Å²) >= 11 is 0. The first-order valence-electron chi connectivity index (χ1n) is 15.4. The number of benzene rings is 1. The predicted molar refractivity (Wildman–Crippen MR) is 161 cm³/mol. The van der Waals surface area contributed by atoms with Gasteiger partial charge >= 0.3 is 23.9 Å². The van der Waals surface area contributed by atoms with E-state index >= 15 is 0 Å². The van der Waals surface area contributed by atoms with Gasteiger partial charge in [-0.3, -0.25) is 24.3 Å². The van der Waals surface area contributed by atoms with Crippen molar-refractivity contribution in [3.8, 4) is 0 Å². The number of allylic oxidation sites excluding steroid dienone is 3. The van der Waals surface area contributed by atoms with Gasteiger partial charge in [-0.25, -0.2) is 19.2 Å². The molecule has 0 radical (unpaired) electrons. The highest BCUT2D eigenvalue weighted by atomic mass is 17.2. The summed E-state index contributed by atoms with van der Waals surface area (Å²) in [6.45, 7) is 13.9. The zero-order valence-electron chi connectivity index (χ0n) is 27.6. The number of carbonyl (C=O) groups is 5. The highest BCUT2D eigenvalue weighted by molar-refractivity contribution is 6.16. The van der Waals surface area contributed by atoms with Gasteiger partial charge in [-0.05, 0) is 71.6 Å². The third kappa shape index (κ3) is 10.0. The van der Waals surface area contributed by atoms with Crippen LogP contribution in [0.1, 0.15) is 108 Å². The molecule has 0 saturated carbocycles. The molecule has 0 N–H and O–H groups in total. The summed E-state index contributed by atoms with van der Waals surface area (Å²) in [4.78, 5) is 107. The van der Waals surface area contributed by atoms with Crippen molar-refractivity contribution in [1.82, 2.24) is 0 Å². The topological polar surface area (TPSA) is 159 Å². The Bertz CT molecular complexity index is 1250. The first kappa shape index (κ1) is 38.3. The lowest BCUT2D eigenvalue weighted by molar-refractivity contribution is -0.316. The lowest BCUT2D eigenvalue weighted by Gasteiger charge is -2.32. The monoisotopic (exact) mass is 648 g/mol. The highest BCUT2D eigenvalue weighted by Crippen LogP contribution is 2.43. The van der Waals surface area contributed by atoms with Crippen LogP contribution in [0.3, 0.4) is 0 Å². The Labute approximate surface area is 268 Å². The van der Waals surface area contributed by atoms with Gasteiger partial charge in [0.25, 0.3) is 0 Å². The van der Waals surface area contributed by atoms with Gasteiger partial charge in [0.1, 0.15) is 24.4 Å². The molecule has 4 atom stereocenters. The van der Waals surface area contributed by atoms with E-state index in [4.69, 9.17) is 39.1 Å². The molecule has 0 aromatic heterocycles. The number of rotatable bonds is 18. The quantitative estimate of drug-likeness (QED) is 0.0812. The molecule has 13 heteroatoms. The molecule has 0 aliphatic heterocycles. The Morgan fingerprint density at radius 1 is 0.587 bits per heavy atom. The van der Waals surface area contributed by atoms with Crippen LogP contribution in [-0.4, -0.2) is 54.1 Å². The van der Waals surface area contributed by atoms with Crippen molar-refractivity contribution in [3.05, 3.63) is 58.7 Å². The van der Waals surface area contributed by atoms with E-state index in [1.54, 1.807) is 48.5 Å². The van der Waals surface area contributed by atoms with E-state index in [1.807, 2.05) is 6.92 Å². The average molecular weight is 649 g/mol. The van der Waals surface area contributed by atoms with Gasteiger partial charge < -0.3 is 0 Å². The van der Waals surface area contributed by atoms with E-state index in [1.165, 1.54) is 30.3 Å². The molecule has 4 unspecified atom stereocenters. The van der Waals surface area contributed by atoms with Gasteiger partial charge in [0.15, 0.2) is 5.78 Å². The second-order valence-electron chi connectivity index (χ2n) is 11.0. The van der Waals surface area contributed by atoms with Gasteiger partial charge in [-0.15, -0.1) is 0 Å². The Morgan fingerprint density at radius 2 is 0.978 bits per heavy atom. The highest BCUT2D eigenvalue weighted by Gasteiger charge is 2.59. The van der Waals surface area contributed by atoms with E-state index in [0.717, 1.165) is 6.08 Å². The predicted octanol–water partition coefficient (Wildman–Crippen LogP) is 5.82. The first-order chi connectivity index (χ1) is 21.8. The first-order valence-corrected chi connectivity index (χ1v) is 15.4. The number of ketones is 1. The normalized spacial score (nSPS) is 18.6. The molecule has 0 bridgehead atoms. The molecule has 0 heterocycles. The summed E-state index contributed by atoms with van der Waals surface area (Å²) in [7, 11) is 0. The Kier molecular flexibility index (Phi) is 15.2. The van der Waals surface area contributed by atoms with Crippen LogP contribution < -0.4 is 0 Å². The molecule has 46 heavy (non-hydrogen) atoms. The standard InChI is InChI=1S/C33H44O13/c1-9-20(5)39-43-29(35)25-15-13-24(14-16-25)28(34)26-17-18-27(30(36)44-40-21(6)10-2)33(19-26,31(37)45-41-22(7)11-3)32(38)46-42-23(8)12-4/h13-18,20-23H,9-12,19H2,1-8H3. The summed E-state index contributed by atoms with van der Waals surface area (Å²) in [5.41, 5.74) is -2.96. The maximum atomic E-state index is 13.8. The fourth-order valence-electron chi connectivity index (χ4n) is 3.57. The molecule has 0 spiro atoms. The number of Topliss-reactive ketones (excluding diaryl/α,β-unsaturated/α-hetero) is 1. The van der Waals surface area contributed by atoms with Crippen molar-refractivity contribution in [2.24, 2.45) is 5.41 Å². The molecule has 1 aliphatic rings. The third-order valence-electron chi connectivity index (χ3n) is 7.41. The van der Waals surface area contributed by atoms with Crippen LogP contribution in [0, 0.1) is 5.41 Å². The van der Waals surface area contributed by atoms with Gasteiger partial charge in [0.05, 0.1) is 11.1 Å². The summed E-state index contributed by atoms with van der Waals surface area (Å²) in [6, 6.07) is 5.46. The Hall–Kier alpha value is -3.91. The number of hydrogen-bond donors (Lipinski definition) is 0. The molecular formula is C33H44O13.